The van der Waals surface area contributed by atoms with E-state index in [-0.39, 0.29) is 12.8 Å². The van der Waals surface area contributed by atoms with Crippen LogP contribution in [0.15, 0.2) is 0 Å². The summed E-state index contributed by atoms with van der Waals surface area (Å²) in [5.41, 5.74) is 0. The third-order valence-electron chi connectivity index (χ3n) is 2.56. The molecule has 0 aromatic heterocycles. The van der Waals surface area contributed by atoms with E-state index in [0.29, 0.717) is 0 Å². The lowest BCUT2D eigenvalue weighted by molar-refractivity contribution is -0.166. The fourth-order valence-corrected chi connectivity index (χ4v) is 1.72. The minimum absolute atomic E-state index is 0.0356. The Morgan fingerprint density at radius 1 is 0.938 bits per heavy atom. The second kappa shape index (κ2) is 4.87. The van der Waals surface area contributed by atoms with E-state index < -0.39 is 35.3 Å². The quantitative estimate of drug-likeness (QED) is 0.467. The molecule has 0 saturated heterocycles. The molecule has 1 rings (SSSR count). The minimum Gasteiger partial charge on any atom is -0.468 e. The van der Waals surface area contributed by atoms with Crippen molar-refractivity contribution in [3.8, 4) is 0 Å². The largest absolute Gasteiger partial charge is 0.468 e. The van der Waals surface area contributed by atoms with E-state index in [2.05, 4.69) is 9.47 Å². The third kappa shape index (κ3) is 2.10. The molecule has 0 spiro atoms. The van der Waals surface area contributed by atoms with Crippen molar-refractivity contribution in [2.45, 2.75) is 12.8 Å². The number of Topliss-reactive ketones (excluding diaryl/α,β-unsaturated/α-hetero) is 2. The average molecular weight is 228 g/mol. The van der Waals surface area contributed by atoms with E-state index >= 15 is 0 Å². The topological polar surface area (TPSA) is 86.7 Å². The Kier molecular flexibility index (Phi) is 3.76. The number of esters is 2. The second-order valence-electron chi connectivity index (χ2n) is 3.43. The Balaban J connectivity index is 3.04. The highest BCUT2D eigenvalue weighted by molar-refractivity contribution is 6.14. The highest BCUT2D eigenvalue weighted by atomic mass is 16.5. The van der Waals surface area contributed by atoms with E-state index in [9.17, 15) is 19.2 Å². The summed E-state index contributed by atoms with van der Waals surface area (Å²) in [6, 6.07) is 0. The SMILES string of the molecule is COC(=O)C1C(=O)CCC(=O)C1C(=O)OC. The maximum absolute atomic E-state index is 11.5. The lowest BCUT2D eigenvalue weighted by Crippen LogP contribution is -2.45. The van der Waals surface area contributed by atoms with Gasteiger partial charge in [-0.3, -0.25) is 19.2 Å². The summed E-state index contributed by atoms with van der Waals surface area (Å²) >= 11 is 0. The molecule has 88 valence electrons. The van der Waals surface area contributed by atoms with Crippen molar-refractivity contribution < 1.29 is 28.7 Å². The van der Waals surface area contributed by atoms with Gasteiger partial charge in [0.05, 0.1) is 14.2 Å². The lowest BCUT2D eigenvalue weighted by Gasteiger charge is -2.24. The first-order valence-electron chi connectivity index (χ1n) is 4.74. The predicted octanol–water partition coefficient (Wildman–Crippen LogP) is -0.503. The number of hydrogen-bond donors (Lipinski definition) is 0. The Labute approximate surface area is 91.9 Å². The fourth-order valence-electron chi connectivity index (χ4n) is 1.72. The zero-order valence-electron chi connectivity index (χ0n) is 9.02. The standard InChI is InChI=1S/C10H12O6/c1-15-9(13)7-5(11)3-4-6(12)8(7)10(14)16-2/h7-8H,3-4H2,1-2H3. The van der Waals surface area contributed by atoms with Crippen LogP contribution in [0.25, 0.3) is 0 Å². The summed E-state index contributed by atoms with van der Waals surface area (Å²) in [6.45, 7) is 0. The molecule has 1 saturated carbocycles. The van der Waals surface area contributed by atoms with Crippen molar-refractivity contribution in [2.24, 2.45) is 11.8 Å². The van der Waals surface area contributed by atoms with Crippen LogP contribution in [0.3, 0.4) is 0 Å². The summed E-state index contributed by atoms with van der Waals surface area (Å²) in [7, 11) is 2.20. The van der Waals surface area contributed by atoms with Crippen LogP contribution < -0.4 is 0 Å². The molecule has 1 fully saturated rings. The zero-order chi connectivity index (χ0) is 12.3. The van der Waals surface area contributed by atoms with Crippen LogP contribution in [0.2, 0.25) is 0 Å². The molecule has 0 aromatic carbocycles. The molecule has 0 aliphatic heterocycles. The molecule has 0 heterocycles. The van der Waals surface area contributed by atoms with E-state index in [1.807, 2.05) is 0 Å². The first-order chi connectivity index (χ1) is 7.52. The fraction of sp³-hybridized carbons (Fsp3) is 0.600. The highest BCUT2D eigenvalue weighted by Gasteiger charge is 2.47. The number of hydrogen-bond acceptors (Lipinski definition) is 6. The number of carbonyl (C=O) groups is 4. The van der Waals surface area contributed by atoms with Crippen LogP contribution in [-0.2, 0) is 28.7 Å². The van der Waals surface area contributed by atoms with Gasteiger partial charge in [0.2, 0.25) is 0 Å². The molecule has 0 amide bonds. The first-order valence-corrected chi connectivity index (χ1v) is 4.74. The van der Waals surface area contributed by atoms with Crippen molar-refractivity contribution in [3.05, 3.63) is 0 Å². The molecular formula is C10H12O6. The van der Waals surface area contributed by atoms with Gasteiger partial charge < -0.3 is 9.47 Å². The number of ketones is 2. The maximum atomic E-state index is 11.5. The van der Waals surface area contributed by atoms with E-state index in [1.54, 1.807) is 0 Å². The van der Waals surface area contributed by atoms with E-state index in [4.69, 9.17) is 0 Å². The number of methoxy groups -OCH3 is 2. The Morgan fingerprint density at radius 3 is 1.50 bits per heavy atom. The van der Waals surface area contributed by atoms with Crippen LogP contribution in [-0.4, -0.2) is 37.7 Å². The van der Waals surface area contributed by atoms with Gasteiger partial charge in [-0.1, -0.05) is 0 Å². The first kappa shape index (κ1) is 12.4. The Morgan fingerprint density at radius 2 is 1.25 bits per heavy atom. The second-order valence-corrected chi connectivity index (χ2v) is 3.43. The predicted molar refractivity (Wildman–Crippen MR) is 50.3 cm³/mol. The monoisotopic (exact) mass is 228 g/mol. The van der Waals surface area contributed by atoms with Crippen LogP contribution in [0.1, 0.15) is 12.8 Å². The van der Waals surface area contributed by atoms with Gasteiger partial charge in [-0.25, -0.2) is 0 Å². The van der Waals surface area contributed by atoms with Gasteiger partial charge in [0.25, 0.3) is 0 Å². The van der Waals surface area contributed by atoms with Crippen molar-refractivity contribution in [1.82, 2.24) is 0 Å². The summed E-state index contributed by atoms with van der Waals surface area (Å²) < 4.78 is 8.83. The van der Waals surface area contributed by atoms with Gasteiger partial charge in [0.15, 0.2) is 0 Å². The molecule has 2 atom stereocenters. The molecule has 1 aliphatic rings. The van der Waals surface area contributed by atoms with Crippen LogP contribution in [0.4, 0.5) is 0 Å². The van der Waals surface area contributed by atoms with Gasteiger partial charge in [-0.15, -0.1) is 0 Å². The van der Waals surface area contributed by atoms with Gasteiger partial charge in [-0.2, -0.15) is 0 Å². The summed E-state index contributed by atoms with van der Waals surface area (Å²) in [5.74, 6) is -5.34. The van der Waals surface area contributed by atoms with Crippen LogP contribution in [0, 0.1) is 11.8 Å². The van der Waals surface area contributed by atoms with Crippen molar-refractivity contribution in [1.29, 1.82) is 0 Å². The third-order valence-corrected chi connectivity index (χ3v) is 2.56. The van der Waals surface area contributed by atoms with Gasteiger partial charge in [-0.05, 0) is 0 Å². The molecule has 0 radical (unpaired) electrons. The zero-order valence-corrected chi connectivity index (χ0v) is 9.02. The molecule has 6 nitrogen and oxygen atoms in total. The van der Waals surface area contributed by atoms with Gasteiger partial charge >= 0.3 is 11.9 Å². The number of rotatable bonds is 2. The Hall–Kier alpha value is -1.72. The molecule has 6 heteroatoms. The highest BCUT2D eigenvalue weighted by Crippen LogP contribution is 2.26. The smallest absolute Gasteiger partial charge is 0.317 e. The molecule has 16 heavy (non-hydrogen) atoms. The van der Waals surface area contributed by atoms with Gasteiger partial charge in [0, 0.05) is 12.8 Å². The molecule has 0 bridgehead atoms. The normalized spacial score (nSPS) is 25.1. The van der Waals surface area contributed by atoms with E-state index in [0.717, 1.165) is 14.2 Å². The number of carbonyl (C=O) groups excluding carboxylic acids is 4. The molecule has 0 aromatic rings. The van der Waals surface area contributed by atoms with Gasteiger partial charge in [0.1, 0.15) is 23.4 Å². The molecular weight excluding hydrogens is 216 g/mol. The average Bonchev–Trinajstić information content (AvgIpc) is 2.29. The molecule has 0 N–H and O–H groups in total. The Bertz CT molecular complexity index is 295. The molecule has 1 aliphatic carbocycles. The van der Waals surface area contributed by atoms with Crippen molar-refractivity contribution >= 4 is 23.5 Å². The van der Waals surface area contributed by atoms with Crippen LogP contribution in [0.5, 0.6) is 0 Å². The summed E-state index contributed by atoms with van der Waals surface area (Å²) in [6.07, 6.45) is -0.0712. The lowest BCUT2D eigenvalue weighted by atomic mass is 9.77. The molecule has 2 unspecified atom stereocenters. The van der Waals surface area contributed by atoms with Crippen molar-refractivity contribution in [3.63, 3.8) is 0 Å². The summed E-state index contributed by atoms with van der Waals surface area (Å²) in [4.78, 5) is 45.7. The van der Waals surface area contributed by atoms with Crippen LogP contribution >= 0.6 is 0 Å². The minimum atomic E-state index is -1.35. The van der Waals surface area contributed by atoms with Crippen molar-refractivity contribution in [2.75, 3.05) is 14.2 Å². The maximum Gasteiger partial charge on any atom is 0.317 e. The summed E-state index contributed by atoms with van der Waals surface area (Å²) in [5, 5.41) is 0. The van der Waals surface area contributed by atoms with E-state index in [1.165, 1.54) is 0 Å². The number of ether oxygens (including phenoxy) is 2.